The van der Waals surface area contributed by atoms with Gasteiger partial charge < -0.3 is 9.88 Å². The molecule has 1 saturated carbocycles. The largest absolute Gasteiger partial charge is 0.416 e. The molecule has 1 N–H and O–H groups in total. The molecule has 33 heavy (non-hydrogen) atoms. The van der Waals surface area contributed by atoms with Gasteiger partial charge in [0.15, 0.2) is 0 Å². The van der Waals surface area contributed by atoms with Gasteiger partial charge in [-0.25, -0.2) is 4.98 Å². The van der Waals surface area contributed by atoms with Gasteiger partial charge >= 0.3 is 6.18 Å². The van der Waals surface area contributed by atoms with Gasteiger partial charge in [0.25, 0.3) is 0 Å². The molecular weight excluding hydrogens is 423 g/mol. The van der Waals surface area contributed by atoms with Crippen molar-refractivity contribution in [3.05, 3.63) is 53.1 Å². The molecule has 1 aliphatic rings. The van der Waals surface area contributed by atoms with E-state index in [0.29, 0.717) is 17.6 Å². The first-order chi connectivity index (χ1) is 15.5. The Bertz CT molecular complexity index is 1130. The molecule has 0 bridgehead atoms. The van der Waals surface area contributed by atoms with Crippen molar-refractivity contribution in [2.75, 3.05) is 5.32 Å². The van der Waals surface area contributed by atoms with Gasteiger partial charge in [-0.3, -0.25) is 0 Å². The number of alkyl halides is 3. The maximum Gasteiger partial charge on any atom is 0.416 e. The second-order valence-electron chi connectivity index (χ2n) is 10.6. The van der Waals surface area contributed by atoms with Gasteiger partial charge in [-0.15, -0.1) is 0 Å². The summed E-state index contributed by atoms with van der Waals surface area (Å²) in [6.07, 6.45) is 1.02. The number of rotatable bonds is 5. The summed E-state index contributed by atoms with van der Waals surface area (Å²) in [4.78, 5) is 4.94. The van der Waals surface area contributed by atoms with E-state index in [2.05, 4.69) is 56.6 Å². The van der Waals surface area contributed by atoms with Crippen LogP contribution >= 0.6 is 0 Å². The standard InChI is InChI=1S/C27H34F3N3/c1-6-7-19-14-23-24(13-18(19)3)33(22-12-17(2)15-26(4,5)16-22)25(32-23)31-21-10-8-20(9-11-21)27(28,29)30/h8-11,13-14,17,22H,6-7,12,15-16H2,1-5H3,(H,31,32)/t17-,22+/m1/s1. The molecule has 0 aliphatic heterocycles. The van der Waals surface area contributed by atoms with Gasteiger partial charge in [0, 0.05) is 11.7 Å². The molecule has 0 spiro atoms. The summed E-state index contributed by atoms with van der Waals surface area (Å²) in [5.41, 5.74) is 4.77. The molecule has 2 atom stereocenters. The monoisotopic (exact) mass is 457 g/mol. The predicted molar refractivity (Wildman–Crippen MR) is 129 cm³/mol. The fourth-order valence-corrected chi connectivity index (χ4v) is 5.65. The summed E-state index contributed by atoms with van der Waals surface area (Å²) in [6.45, 7) is 11.3. The third-order valence-electron chi connectivity index (χ3n) is 6.86. The molecule has 0 unspecified atom stereocenters. The Balaban J connectivity index is 1.79. The van der Waals surface area contributed by atoms with Crippen LogP contribution < -0.4 is 5.32 Å². The quantitative estimate of drug-likeness (QED) is 0.416. The SMILES string of the molecule is CCCc1cc2nc(Nc3ccc(C(F)(F)F)cc3)n([C@H]3C[C@@H](C)CC(C)(C)C3)c2cc1C. The Kier molecular flexibility index (Phi) is 6.23. The second-order valence-corrected chi connectivity index (χ2v) is 10.6. The number of fused-ring (bicyclic) bond motifs is 1. The maximum absolute atomic E-state index is 13.0. The molecule has 3 aromatic rings. The molecule has 178 valence electrons. The Labute approximate surface area is 194 Å². The molecule has 0 saturated heterocycles. The summed E-state index contributed by atoms with van der Waals surface area (Å²) in [5.74, 6) is 1.29. The molecule has 3 nitrogen and oxygen atoms in total. The van der Waals surface area contributed by atoms with Gasteiger partial charge in [-0.05, 0) is 91.5 Å². The van der Waals surface area contributed by atoms with Gasteiger partial charge in [0.2, 0.25) is 5.95 Å². The highest BCUT2D eigenvalue weighted by Gasteiger charge is 2.35. The van der Waals surface area contributed by atoms with E-state index in [-0.39, 0.29) is 11.5 Å². The summed E-state index contributed by atoms with van der Waals surface area (Å²) < 4.78 is 41.3. The average molecular weight is 458 g/mol. The fourth-order valence-electron chi connectivity index (χ4n) is 5.65. The van der Waals surface area contributed by atoms with Crippen LogP contribution in [0.3, 0.4) is 0 Å². The second kappa shape index (κ2) is 8.69. The van der Waals surface area contributed by atoms with Gasteiger partial charge in [0.1, 0.15) is 0 Å². The highest BCUT2D eigenvalue weighted by Crippen LogP contribution is 2.46. The molecule has 2 aromatic carbocycles. The van der Waals surface area contributed by atoms with Crippen molar-refractivity contribution in [3.8, 4) is 0 Å². The minimum Gasteiger partial charge on any atom is -0.326 e. The number of hydrogen-bond acceptors (Lipinski definition) is 2. The van der Waals surface area contributed by atoms with E-state index in [0.717, 1.165) is 48.8 Å². The lowest BCUT2D eigenvalue weighted by molar-refractivity contribution is -0.137. The van der Waals surface area contributed by atoms with E-state index >= 15 is 0 Å². The van der Waals surface area contributed by atoms with Crippen LogP contribution in [0, 0.1) is 18.3 Å². The maximum atomic E-state index is 13.0. The lowest BCUT2D eigenvalue weighted by Gasteiger charge is -2.40. The molecule has 1 aromatic heterocycles. The summed E-state index contributed by atoms with van der Waals surface area (Å²) in [7, 11) is 0. The predicted octanol–water partition coefficient (Wildman–Crippen LogP) is 8.45. The molecule has 6 heteroatoms. The normalized spacial score (nSPS) is 20.8. The number of imidazole rings is 1. The molecule has 1 fully saturated rings. The van der Waals surface area contributed by atoms with Gasteiger partial charge in [-0.1, -0.05) is 34.1 Å². The fraction of sp³-hybridized carbons (Fsp3) is 0.519. The van der Waals surface area contributed by atoms with Crippen LogP contribution in [0.1, 0.15) is 76.1 Å². The lowest BCUT2D eigenvalue weighted by Crippen LogP contribution is -2.29. The van der Waals surface area contributed by atoms with Gasteiger partial charge in [0.05, 0.1) is 16.6 Å². The first kappa shape index (κ1) is 23.7. The topological polar surface area (TPSA) is 29.9 Å². The highest BCUT2D eigenvalue weighted by atomic mass is 19.4. The van der Waals surface area contributed by atoms with Crippen LogP contribution in [0.15, 0.2) is 36.4 Å². The Morgan fingerprint density at radius 2 is 1.82 bits per heavy atom. The zero-order chi connectivity index (χ0) is 24.0. The third kappa shape index (κ3) is 5.04. The van der Waals surface area contributed by atoms with Crippen molar-refractivity contribution >= 4 is 22.7 Å². The van der Waals surface area contributed by atoms with Crippen molar-refractivity contribution in [3.63, 3.8) is 0 Å². The van der Waals surface area contributed by atoms with Crippen LogP contribution in [-0.2, 0) is 12.6 Å². The zero-order valence-corrected chi connectivity index (χ0v) is 20.2. The molecular formula is C27H34F3N3. The number of halogens is 3. The first-order valence-corrected chi connectivity index (χ1v) is 11.9. The Morgan fingerprint density at radius 1 is 1.12 bits per heavy atom. The van der Waals surface area contributed by atoms with Crippen LogP contribution in [0.4, 0.5) is 24.8 Å². The molecule has 4 rings (SSSR count). The molecule has 0 amide bonds. The number of aromatic nitrogens is 2. The van der Waals surface area contributed by atoms with E-state index < -0.39 is 11.7 Å². The zero-order valence-electron chi connectivity index (χ0n) is 20.2. The smallest absolute Gasteiger partial charge is 0.326 e. The number of nitrogens with zero attached hydrogens (tertiary/aromatic N) is 2. The van der Waals surface area contributed by atoms with E-state index in [1.54, 1.807) is 0 Å². The van der Waals surface area contributed by atoms with E-state index in [4.69, 9.17) is 4.98 Å². The minimum atomic E-state index is -4.34. The average Bonchev–Trinajstić information content (AvgIpc) is 3.03. The van der Waals surface area contributed by atoms with E-state index in [9.17, 15) is 13.2 Å². The lowest BCUT2D eigenvalue weighted by atomic mass is 9.70. The number of aryl methyl sites for hydroxylation is 2. The summed E-state index contributed by atoms with van der Waals surface area (Å²) in [6, 6.07) is 9.89. The Hall–Kier alpha value is -2.50. The molecule has 0 radical (unpaired) electrons. The summed E-state index contributed by atoms with van der Waals surface area (Å²) >= 11 is 0. The highest BCUT2D eigenvalue weighted by molar-refractivity contribution is 5.82. The third-order valence-corrected chi connectivity index (χ3v) is 6.86. The molecule has 1 heterocycles. The van der Waals surface area contributed by atoms with Crippen LogP contribution in [0.2, 0.25) is 0 Å². The Morgan fingerprint density at radius 3 is 2.42 bits per heavy atom. The number of benzene rings is 2. The van der Waals surface area contributed by atoms with Crippen LogP contribution in [0.5, 0.6) is 0 Å². The van der Waals surface area contributed by atoms with Crippen LogP contribution in [0.25, 0.3) is 11.0 Å². The van der Waals surface area contributed by atoms with Crippen molar-refractivity contribution in [2.45, 2.75) is 78.9 Å². The number of nitrogens with one attached hydrogen (secondary N) is 1. The van der Waals surface area contributed by atoms with E-state index in [1.807, 2.05) is 0 Å². The van der Waals surface area contributed by atoms with Gasteiger partial charge in [-0.2, -0.15) is 13.2 Å². The van der Waals surface area contributed by atoms with Crippen molar-refractivity contribution in [1.82, 2.24) is 9.55 Å². The van der Waals surface area contributed by atoms with Crippen LogP contribution in [-0.4, -0.2) is 9.55 Å². The number of anilines is 2. The minimum absolute atomic E-state index is 0.224. The summed E-state index contributed by atoms with van der Waals surface area (Å²) in [5, 5.41) is 3.34. The number of hydrogen-bond donors (Lipinski definition) is 1. The van der Waals surface area contributed by atoms with Crippen molar-refractivity contribution in [1.29, 1.82) is 0 Å². The first-order valence-electron chi connectivity index (χ1n) is 11.9. The van der Waals surface area contributed by atoms with Crippen molar-refractivity contribution in [2.24, 2.45) is 11.3 Å². The van der Waals surface area contributed by atoms with E-state index in [1.165, 1.54) is 29.7 Å². The molecule has 1 aliphatic carbocycles. The van der Waals surface area contributed by atoms with Crippen molar-refractivity contribution < 1.29 is 13.2 Å².